The van der Waals surface area contributed by atoms with E-state index >= 15 is 0 Å². The summed E-state index contributed by atoms with van der Waals surface area (Å²) in [6.45, 7) is 5.53. The van der Waals surface area contributed by atoms with E-state index in [0.29, 0.717) is 0 Å². The van der Waals surface area contributed by atoms with Gasteiger partial charge in [-0.2, -0.15) is 0 Å². The monoisotopic (exact) mass is 209 g/mol. The molecule has 0 fully saturated rings. The molecule has 84 valence electrons. The summed E-state index contributed by atoms with van der Waals surface area (Å²) >= 11 is 0. The van der Waals surface area contributed by atoms with Crippen molar-refractivity contribution in [3.05, 3.63) is 29.8 Å². The number of rotatable bonds is 4. The van der Waals surface area contributed by atoms with Gasteiger partial charge in [-0.15, -0.1) is 0 Å². The zero-order valence-electron chi connectivity index (χ0n) is 9.49. The van der Waals surface area contributed by atoms with E-state index in [9.17, 15) is 5.11 Å². The van der Waals surface area contributed by atoms with Crippen molar-refractivity contribution in [3.8, 4) is 0 Å². The molecule has 0 amide bonds. The minimum absolute atomic E-state index is 0.0301. The molecule has 0 heterocycles. The average molecular weight is 209 g/mol. The molecule has 1 unspecified atom stereocenters. The summed E-state index contributed by atoms with van der Waals surface area (Å²) in [5.41, 5.74) is 1.08. The fourth-order valence-corrected chi connectivity index (χ4v) is 1.13. The van der Waals surface area contributed by atoms with Crippen molar-refractivity contribution in [3.63, 3.8) is 0 Å². The topological polar surface area (TPSA) is 52.5 Å². The first-order chi connectivity index (χ1) is 6.93. The molecule has 0 saturated heterocycles. The first-order valence-corrected chi connectivity index (χ1v) is 5.12. The van der Waals surface area contributed by atoms with E-state index < -0.39 is 5.60 Å². The maximum Gasteiger partial charge on any atom is 0.0789 e. The first kappa shape index (κ1) is 12.0. The molecular weight excluding hydrogens is 190 g/mol. The summed E-state index contributed by atoms with van der Waals surface area (Å²) in [6.07, 6.45) is 0. The van der Waals surface area contributed by atoms with E-state index in [1.807, 2.05) is 31.2 Å². The Balaban J connectivity index is 2.65. The Hall–Kier alpha value is -1.06. The Morgan fingerprint density at radius 1 is 1.27 bits per heavy atom. The fourth-order valence-electron chi connectivity index (χ4n) is 1.13. The Morgan fingerprint density at radius 3 is 2.20 bits per heavy atom. The number of benzene rings is 1. The standard InChI is InChI=1S/C12H19NO2/c1-9(12(2,3)15)13-11-6-4-10(8-14)5-7-11/h4-7,9,13-15H,8H2,1-3H3. The van der Waals surface area contributed by atoms with Crippen LogP contribution < -0.4 is 5.32 Å². The van der Waals surface area contributed by atoms with Crippen LogP contribution in [-0.2, 0) is 6.61 Å². The number of nitrogens with one attached hydrogen (secondary N) is 1. The first-order valence-electron chi connectivity index (χ1n) is 5.12. The molecule has 1 atom stereocenters. The normalized spacial score (nSPS) is 13.7. The summed E-state index contributed by atoms with van der Waals surface area (Å²) < 4.78 is 0. The Labute approximate surface area is 90.8 Å². The maximum absolute atomic E-state index is 9.75. The highest BCUT2D eigenvalue weighted by Crippen LogP contribution is 2.16. The molecule has 0 bridgehead atoms. The predicted molar refractivity (Wildman–Crippen MR) is 61.7 cm³/mol. The summed E-state index contributed by atoms with van der Waals surface area (Å²) in [5, 5.41) is 21.8. The van der Waals surface area contributed by atoms with E-state index in [4.69, 9.17) is 5.11 Å². The van der Waals surface area contributed by atoms with Gasteiger partial charge in [0.25, 0.3) is 0 Å². The maximum atomic E-state index is 9.75. The van der Waals surface area contributed by atoms with Crippen molar-refractivity contribution in [1.29, 1.82) is 0 Å². The molecule has 0 aromatic heterocycles. The Kier molecular flexibility index (Phi) is 3.72. The number of aliphatic hydroxyl groups excluding tert-OH is 1. The molecule has 0 aliphatic rings. The molecule has 0 aliphatic carbocycles. The van der Waals surface area contributed by atoms with Crippen molar-refractivity contribution >= 4 is 5.69 Å². The van der Waals surface area contributed by atoms with Crippen LogP contribution in [0.1, 0.15) is 26.3 Å². The van der Waals surface area contributed by atoms with Crippen LogP contribution in [0.5, 0.6) is 0 Å². The van der Waals surface area contributed by atoms with Gasteiger partial charge in [0.15, 0.2) is 0 Å². The Morgan fingerprint density at radius 2 is 1.80 bits per heavy atom. The molecule has 3 N–H and O–H groups in total. The summed E-state index contributed by atoms with van der Waals surface area (Å²) in [5.74, 6) is 0. The zero-order valence-corrected chi connectivity index (χ0v) is 9.49. The van der Waals surface area contributed by atoms with Gasteiger partial charge in [-0.1, -0.05) is 12.1 Å². The van der Waals surface area contributed by atoms with Crippen LogP contribution >= 0.6 is 0 Å². The van der Waals surface area contributed by atoms with Gasteiger partial charge in [0.1, 0.15) is 0 Å². The summed E-state index contributed by atoms with van der Waals surface area (Å²) in [6, 6.07) is 7.48. The van der Waals surface area contributed by atoms with E-state index in [1.165, 1.54) is 0 Å². The third-order valence-corrected chi connectivity index (χ3v) is 2.58. The highest BCUT2D eigenvalue weighted by Gasteiger charge is 2.21. The number of aliphatic hydroxyl groups is 2. The van der Waals surface area contributed by atoms with E-state index in [-0.39, 0.29) is 12.6 Å². The van der Waals surface area contributed by atoms with E-state index in [2.05, 4.69) is 5.32 Å². The van der Waals surface area contributed by atoms with E-state index in [0.717, 1.165) is 11.3 Å². The molecule has 1 aromatic carbocycles. The number of anilines is 1. The van der Waals surface area contributed by atoms with E-state index in [1.54, 1.807) is 13.8 Å². The van der Waals surface area contributed by atoms with Crippen LogP contribution in [0.4, 0.5) is 5.69 Å². The largest absolute Gasteiger partial charge is 0.392 e. The van der Waals surface area contributed by atoms with Gasteiger partial charge in [0.2, 0.25) is 0 Å². The number of hydrogen-bond donors (Lipinski definition) is 3. The van der Waals surface area contributed by atoms with Gasteiger partial charge in [0, 0.05) is 5.69 Å². The molecule has 0 radical (unpaired) electrons. The molecule has 15 heavy (non-hydrogen) atoms. The smallest absolute Gasteiger partial charge is 0.0789 e. The summed E-state index contributed by atoms with van der Waals surface area (Å²) in [4.78, 5) is 0. The lowest BCUT2D eigenvalue weighted by atomic mass is 10.0. The Bertz CT molecular complexity index is 300. The van der Waals surface area contributed by atoms with Crippen LogP contribution in [0.3, 0.4) is 0 Å². The van der Waals surface area contributed by atoms with Crippen LogP contribution in [0, 0.1) is 0 Å². The van der Waals surface area contributed by atoms with Gasteiger partial charge in [-0.3, -0.25) is 0 Å². The third-order valence-electron chi connectivity index (χ3n) is 2.58. The van der Waals surface area contributed by atoms with Gasteiger partial charge >= 0.3 is 0 Å². The fraction of sp³-hybridized carbons (Fsp3) is 0.500. The van der Waals surface area contributed by atoms with Gasteiger partial charge in [-0.25, -0.2) is 0 Å². The molecule has 1 aromatic rings. The van der Waals surface area contributed by atoms with Crippen LogP contribution in [-0.4, -0.2) is 21.9 Å². The average Bonchev–Trinajstić information content (AvgIpc) is 2.17. The van der Waals surface area contributed by atoms with Gasteiger partial charge in [-0.05, 0) is 38.5 Å². The van der Waals surface area contributed by atoms with Crippen molar-refractivity contribution in [1.82, 2.24) is 0 Å². The van der Waals surface area contributed by atoms with Crippen molar-refractivity contribution < 1.29 is 10.2 Å². The SMILES string of the molecule is CC(Nc1ccc(CO)cc1)C(C)(C)O. The second-order valence-electron chi connectivity index (χ2n) is 4.37. The zero-order chi connectivity index (χ0) is 11.5. The predicted octanol–water partition coefficient (Wildman–Crippen LogP) is 1.75. The van der Waals surface area contributed by atoms with Crippen LogP contribution in [0.25, 0.3) is 0 Å². The lowest BCUT2D eigenvalue weighted by molar-refractivity contribution is 0.0649. The van der Waals surface area contributed by atoms with Gasteiger partial charge in [0.05, 0.1) is 18.2 Å². The number of hydrogen-bond acceptors (Lipinski definition) is 3. The highest BCUT2D eigenvalue weighted by atomic mass is 16.3. The molecule has 0 saturated carbocycles. The third kappa shape index (κ3) is 3.53. The second kappa shape index (κ2) is 4.64. The van der Waals surface area contributed by atoms with Crippen molar-refractivity contribution in [2.24, 2.45) is 0 Å². The molecule has 3 nitrogen and oxygen atoms in total. The molecule has 0 aliphatic heterocycles. The molecule has 0 spiro atoms. The molecule has 3 heteroatoms. The van der Waals surface area contributed by atoms with Crippen LogP contribution in [0.15, 0.2) is 24.3 Å². The van der Waals surface area contributed by atoms with Crippen molar-refractivity contribution in [2.45, 2.75) is 39.0 Å². The minimum atomic E-state index is -0.754. The lowest BCUT2D eigenvalue weighted by Gasteiger charge is -2.27. The summed E-state index contributed by atoms with van der Waals surface area (Å²) in [7, 11) is 0. The van der Waals surface area contributed by atoms with Gasteiger partial charge < -0.3 is 15.5 Å². The second-order valence-corrected chi connectivity index (χ2v) is 4.37. The van der Waals surface area contributed by atoms with Crippen molar-refractivity contribution in [2.75, 3.05) is 5.32 Å². The highest BCUT2D eigenvalue weighted by molar-refractivity contribution is 5.45. The minimum Gasteiger partial charge on any atom is -0.392 e. The molecular formula is C12H19NO2. The quantitative estimate of drug-likeness (QED) is 0.708. The molecule has 1 rings (SSSR count). The van der Waals surface area contributed by atoms with Crippen LogP contribution in [0.2, 0.25) is 0 Å². The lowest BCUT2D eigenvalue weighted by Crippen LogP contribution is -2.39.